The van der Waals surface area contributed by atoms with Crippen LogP contribution in [-0.2, 0) is 0 Å². The third-order valence-corrected chi connectivity index (χ3v) is 4.52. The first-order valence-corrected chi connectivity index (χ1v) is 8.47. The Hall–Kier alpha value is -2.82. The van der Waals surface area contributed by atoms with Crippen LogP contribution in [0.2, 0.25) is 0 Å². The van der Waals surface area contributed by atoms with Gasteiger partial charge in [-0.25, -0.2) is 4.98 Å². The molecule has 4 N–H and O–H groups in total. The van der Waals surface area contributed by atoms with E-state index in [1.54, 1.807) is 6.20 Å². The Morgan fingerprint density at radius 1 is 0.920 bits per heavy atom. The molecular weight excluding hydrogens is 308 g/mol. The maximum absolute atomic E-state index is 6.39. The van der Waals surface area contributed by atoms with Crippen LogP contribution in [0.3, 0.4) is 0 Å². The fraction of sp³-hybridized carbons (Fsp3) is 0.143. The van der Waals surface area contributed by atoms with E-state index < -0.39 is 0 Å². The van der Waals surface area contributed by atoms with E-state index in [-0.39, 0.29) is 6.04 Å². The predicted octanol–water partition coefficient (Wildman–Crippen LogP) is 3.80. The molecule has 2 aromatic heterocycles. The summed E-state index contributed by atoms with van der Waals surface area (Å²) in [6.07, 6.45) is 2.55. The van der Waals surface area contributed by atoms with Gasteiger partial charge in [0.25, 0.3) is 0 Å². The van der Waals surface area contributed by atoms with Crippen molar-refractivity contribution in [1.29, 1.82) is 0 Å². The largest absolute Gasteiger partial charge is 0.330 e. The van der Waals surface area contributed by atoms with Crippen LogP contribution in [0.15, 0.2) is 66.9 Å². The SMILES string of the molecule is NCCC(N)c1cc(-c2ccc3ncccc3c2)nc2ccccc12. The molecule has 25 heavy (non-hydrogen) atoms. The van der Waals surface area contributed by atoms with Gasteiger partial charge in [-0.05, 0) is 48.9 Å². The highest BCUT2D eigenvalue weighted by molar-refractivity contribution is 5.88. The molecule has 0 radical (unpaired) electrons. The van der Waals surface area contributed by atoms with Crippen molar-refractivity contribution >= 4 is 21.8 Å². The summed E-state index contributed by atoms with van der Waals surface area (Å²) in [5.74, 6) is 0. The van der Waals surface area contributed by atoms with Crippen LogP contribution in [0.25, 0.3) is 33.1 Å². The average molecular weight is 328 g/mol. The van der Waals surface area contributed by atoms with E-state index in [9.17, 15) is 0 Å². The minimum absolute atomic E-state index is 0.0984. The van der Waals surface area contributed by atoms with Gasteiger partial charge in [-0.1, -0.05) is 30.3 Å². The van der Waals surface area contributed by atoms with Gasteiger partial charge in [-0.2, -0.15) is 0 Å². The molecule has 0 bridgehead atoms. The Balaban J connectivity index is 1.91. The summed E-state index contributed by atoms with van der Waals surface area (Å²) in [7, 11) is 0. The molecule has 2 heterocycles. The van der Waals surface area contributed by atoms with Gasteiger partial charge in [0.15, 0.2) is 0 Å². The number of para-hydroxylation sites is 1. The first kappa shape index (κ1) is 15.7. The van der Waals surface area contributed by atoms with E-state index in [0.717, 1.165) is 45.0 Å². The standard InChI is InChI=1S/C21H20N4/c22-10-9-18(23)17-13-21(25-20-6-2-1-5-16(17)20)15-7-8-19-14(12-15)4-3-11-24-19/h1-8,11-13,18H,9-10,22-23H2. The molecule has 0 aliphatic heterocycles. The van der Waals surface area contributed by atoms with Gasteiger partial charge < -0.3 is 11.5 Å². The normalized spacial score (nSPS) is 12.6. The van der Waals surface area contributed by atoms with Crippen LogP contribution in [0, 0.1) is 0 Å². The van der Waals surface area contributed by atoms with E-state index >= 15 is 0 Å². The Morgan fingerprint density at radius 3 is 2.68 bits per heavy atom. The summed E-state index contributed by atoms with van der Waals surface area (Å²) in [5.41, 5.74) is 17.1. The fourth-order valence-electron chi connectivity index (χ4n) is 3.23. The molecule has 1 unspecified atom stereocenters. The topological polar surface area (TPSA) is 77.8 Å². The average Bonchev–Trinajstić information content (AvgIpc) is 2.67. The lowest BCUT2D eigenvalue weighted by Gasteiger charge is -2.15. The number of fused-ring (bicyclic) bond motifs is 2. The van der Waals surface area contributed by atoms with Crippen molar-refractivity contribution in [1.82, 2.24) is 9.97 Å². The highest BCUT2D eigenvalue weighted by atomic mass is 14.7. The number of rotatable bonds is 4. The number of aromatic nitrogens is 2. The van der Waals surface area contributed by atoms with Gasteiger partial charge in [0.1, 0.15) is 0 Å². The predicted molar refractivity (Wildman–Crippen MR) is 103 cm³/mol. The van der Waals surface area contributed by atoms with Crippen LogP contribution < -0.4 is 11.5 Å². The third-order valence-electron chi connectivity index (χ3n) is 4.52. The molecule has 0 saturated carbocycles. The summed E-state index contributed by atoms with van der Waals surface area (Å²) in [5, 5.41) is 2.19. The third kappa shape index (κ3) is 2.97. The van der Waals surface area contributed by atoms with Crippen molar-refractivity contribution in [3.63, 3.8) is 0 Å². The Kier molecular flexibility index (Phi) is 4.14. The molecule has 0 aliphatic rings. The maximum Gasteiger partial charge on any atom is 0.0713 e. The molecule has 4 nitrogen and oxygen atoms in total. The summed E-state index contributed by atoms with van der Waals surface area (Å²) in [6, 6.07) is 20.3. The quantitative estimate of drug-likeness (QED) is 0.597. The molecular formula is C21H20N4. The highest BCUT2D eigenvalue weighted by Gasteiger charge is 2.13. The van der Waals surface area contributed by atoms with E-state index in [1.807, 2.05) is 30.3 Å². The van der Waals surface area contributed by atoms with Gasteiger partial charge in [-0.3, -0.25) is 4.98 Å². The van der Waals surface area contributed by atoms with Crippen LogP contribution in [-0.4, -0.2) is 16.5 Å². The van der Waals surface area contributed by atoms with Crippen LogP contribution in [0.4, 0.5) is 0 Å². The summed E-state index contributed by atoms with van der Waals surface area (Å²) < 4.78 is 0. The van der Waals surface area contributed by atoms with E-state index in [2.05, 4.69) is 35.3 Å². The minimum atomic E-state index is -0.0984. The molecule has 4 heteroatoms. The zero-order valence-corrected chi connectivity index (χ0v) is 13.9. The zero-order valence-electron chi connectivity index (χ0n) is 13.9. The number of nitrogens with zero attached hydrogens (tertiary/aromatic N) is 2. The van der Waals surface area contributed by atoms with E-state index in [1.165, 1.54) is 0 Å². The first-order valence-electron chi connectivity index (χ1n) is 8.47. The smallest absolute Gasteiger partial charge is 0.0713 e. The summed E-state index contributed by atoms with van der Waals surface area (Å²) >= 11 is 0. The number of hydrogen-bond donors (Lipinski definition) is 2. The lowest BCUT2D eigenvalue weighted by atomic mass is 9.97. The Morgan fingerprint density at radius 2 is 1.80 bits per heavy atom. The number of hydrogen-bond acceptors (Lipinski definition) is 4. The molecule has 4 aromatic rings. The lowest BCUT2D eigenvalue weighted by Crippen LogP contribution is -2.16. The number of benzene rings is 2. The van der Waals surface area contributed by atoms with Gasteiger partial charge in [0, 0.05) is 28.6 Å². The molecule has 0 aliphatic carbocycles. The second kappa shape index (κ2) is 6.59. The van der Waals surface area contributed by atoms with Crippen LogP contribution >= 0.6 is 0 Å². The van der Waals surface area contributed by atoms with Crippen molar-refractivity contribution in [2.24, 2.45) is 11.5 Å². The molecule has 0 fully saturated rings. The highest BCUT2D eigenvalue weighted by Crippen LogP contribution is 2.30. The second-order valence-corrected chi connectivity index (χ2v) is 6.21. The van der Waals surface area contributed by atoms with Gasteiger partial charge >= 0.3 is 0 Å². The molecule has 2 aromatic carbocycles. The number of nitrogens with two attached hydrogens (primary N) is 2. The molecule has 1 atom stereocenters. The monoisotopic (exact) mass is 328 g/mol. The van der Waals surface area contributed by atoms with Crippen molar-refractivity contribution < 1.29 is 0 Å². The maximum atomic E-state index is 6.39. The van der Waals surface area contributed by atoms with Crippen molar-refractivity contribution in [3.05, 3.63) is 72.4 Å². The van der Waals surface area contributed by atoms with Gasteiger partial charge in [0.2, 0.25) is 0 Å². The van der Waals surface area contributed by atoms with Crippen LogP contribution in [0.1, 0.15) is 18.0 Å². The van der Waals surface area contributed by atoms with E-state index in [4.69, 9.17) is 16.5 Å². The summed E-state index contributed by atoms with van der Waals surface area (Å²) in [6.45, 7) is 0.564. The molecule has 0 amide bonds. The van der Waals surface area contributed by atoms with E-state index in [0.29, 0.717) is 6.54 Å². The lowest BCUT2D eigenvalue weighted by molar-refractivity contribution is 0.666. The van der Waals surface area contributed by atoms with Crippen molar-refractivity contribution in [3.8, 4) is 11.3 Å². The molecule has 4 rings (SSSR count). The fourth-order valence-corrected chi connectivity index (χ4v) is 3.23. The summed E-state index contributed by atoms with van der Waals surface area (Å²) in [4.78, 5) is 9.23. The minimum Gasteiger partial charge on any atom is -0.330 e. The zero-order chi connectivity index (χ0) is 17.2. The number of pyridine rings is 2. The molecule has 124 valence electrons. The molecule has 0 spiro atoms. The first-order chi connectivity index (χ1) is 12.3. The van der Waals surface area contributed by atoms with Crippen molar-refractivity contribution in [2.45, 2.75) is 12.5 Å². The molecule has 0 saturated heterocycles. The Labute approximate surface area is 146 Å². The van der Waals surface area contributed by atoms with Gasteiger partial charge in [0.05, 0.1) is 16.7 Å². The van der Waals surface area contributed by atoms with Gasteiger partial charge in [-0.15, -0.1) is 0 Å². The second-order valence-electron chi connectivity index (χ2n) is 6.21. The van der Waals surface area contributed by atoms with Crippen LogP contribution in [0.5, 0.6) is 0 Å². The van der Waals surface area contributed by atoms with Crippen molar-refractivity contribution in [2.75, 3.05) is 6.54 Å². The Bertz CT molecular complexity index is 1040.